The summed E-state index contributed by atoms with van der Waals surface area (Å²) < 4.78 is 47.2. The molecular weight excluding hydrogens is 317 g/mol. The Balaban J connectivity index is 3.38. The van der Waals surface area contributed by atoms with Crippen LogP contribution in [0, 0.1) is 5.82 Å². The van der Waals surface area contributed by atoms with Crippen LogP contribution in [0.25, 0.3) is 0 Å². The van der Waals surface area contributed by atoms with E-state index in [-0.39, 0.29) is 5.56 Å². The highest BCUT2D eigenvalue weighted by atomic mass is 32.2. The summed E-state index contributed by atoms with van der Waals surface area (Å²) in [6.45, 7) is 0. The van der Waals surface area contributed by atoms with E-state index in [0.717, 1.165) is 26.4 Å². The highest BCUT2D eigenvalue weighted by Crippen LogP contribution is 2.25. The minimum absolute atomic E-state index is 0.0420. The van der Waals surface area contributed by atoms with Crippen LogP contribution in [0.2, 0.25) is 0 Å². The number of sulfone groups is 1. The molecule has 122 valence electrons. The molecule has 0 aliphatic carbocycles. The molecule has 0 aliphatic heterocycles. The zero-order valence-corrected chi connectivity index (χ0v) is 13.0. The molecule has 0 saturated heterocycles. The third-order valence-corrected chi connectivity index (χ3v) is 5.11. The van der Waals surface area contributed by atoms with Crippen molar-refractivity contribution >= 4 is 21.8 Å². The number of carbonyl (C=O) groups is 2. The summed E-state index contributed by atoms with van der Waals surface area (Å²) >= 11 is 0. The maximum Gasteiger partial charge on any atom is 0.335 e. The zero-order chi connectivity index (χ0) is 16.9. The highest BCUT2D eigenvalue weighted by molar-refractivity contribution is 7.93. The van der Waals surface area contributed by atoms with Crippen molar-refractivity contribution in [3.8, 4) is 0 Å². The van der Waals surface area contributed by atoms with E-state index in [9.17, 15) is 22.4 Å². The van der Waals surface area contributed by atoms with Crippen molar-refractivity contribution in [3.63, 3.8) is 0 Å². The van der Waals surface area contributed by atoms with Crippen LogP contribution in [-0.2, 0) is 28.9 Å². The summed E-state index contributed by atoms with van der Waals surface area (Å²) in [4.78, 5) is 23.3. The molecule has 0 amide bonds. The van der Waals surface area contributed by atoms with Gasteiger partial charge in [-0.05, 0) is 24.7 Å². The van der Waals surface area contributed by atoms with Gasteiger partial charge in [0.15, 0.2) is 9.84 Å². The Kier molecular flexibility index (Phi) is 6.01. The molecular formula is C13H16FNO6S. The van der Waals surface area contributed by atoms with Crippen LogP contribution in [0.4, 0.5) is 4.39 Å². The molecule has 0 aliphatic rings. The van der Waals surface area contributed by atoms with Gasteiger partial charge in [0.25, 0.3) is 5.25 Å². The molecule has 9 heteroatoms. The fourth-order valence-corrected chi connectivity index (χ4v) is 3.76. The number of ether oxygens (including phenoxy) is 2. The second kappa shape index (κ2) is 7.32. The Bertz CT molecular complexity index is 644. The number of carbonyl (C=O) groups excluding carboxylic acids is 2. The van der Waals surface area contributed by atoms with Crippen LogP contribution < -0.4 is 5.32 Å². The molecule has 0 bridgehead atoms. The summed E-state index contributed by atoms with van der Waals surface area (Å²) in [5.41, 5.74) is 0.0420. The first-order valence-electron chi connectivity index (χ1n) is 6.10. The first-order valence-corrected chi connectivity index (χ1v) is 7.71. The molecule has 7 nitrogen and oxygen atoms in total. The van der Waals surface area contributed by atoms with Gasteiger partial charge >= 0.3 is 11.9 Å². The molecule has 0 fully saturated rings. The number of benzene rings is 1. The second-order valence-corrected chi connectivity index (χ2v) is 6.36. The maximum absolute atomic E-state index is 13.3. The molecule has 1 atom stereocenters. The van der Waals surface area contributed by atoms with Crippen molar-refractivity contribution in [1.82, 2.24) is 5.32 Å². The molecule has 1 aromatic carbocycles. The predicted octanol–water partition coefficient (Wildman–Crippen LogP) is 0.173. The predicted molar refractivity (Wildman–Crippen MR) is 74.9 cm³/mol. The molecule has 1 aromatic rings. The lowest BCUT2D eigenvalue weighted by Crippen LogP contribution is -2.44. The molecule has 1 rings (SSSR count). The maximum atomic E-state index is 13.3. The van der Waals surface area contributed by atoms with Gasteiger partial charge in [-0.3, -0.25) is 9.59 Å². The third kappa shape index (κ3) is 3.60. The quantitative estimate of drug-likeness (QED) is 0.585. The van der Waals surface area contributed by atoms with Crippen LogP contribution in [0.5, 0.6) is 0 Å². The number of methoxy groups -OCH3 is 2. The van der Waals surface area contributed by atoms with Crippen LogP contribution in [0.3, 0.4) is 0 Å². The van der Waals surface area contributed by atoms with Gasteiger partial charge in [-0.2, -0.15) is 0 Å². The number of hydrogen-bond acceptors (Lipinski definition) is 7. The Hall–Kier alpha value is -2.00. The van der Waals surface area contributed by atoms with Gasteiger partial charge in [0.2, 0.25) is 0 Å². The van der Waals surface area contributed by atoms with Gasteiger partial charge in [-0.1, -0.05) is 12.1 Å². The number of nitrogens with one attached hydrogen (secondary N) is 1. The molecule has 1 N–H and O–H groups in total. The van der Waals surface area contributed by atoms with Crippen molar-refractivity contribution < 1.29 is 31.9 Å². The van der Waals surface area contributed by atoms with Crippen LogP contribution >= 0.6 is 0 Å². The lowest BCUT2D eigenvalue weighted by molar-refractivity contribution is -0.150. The minimum atomic E-state index is -4.43. The first-order chi connectivity index (χ1) is 10.3. The van der Waals surface area contributed by atoms with E-state index in [0.29, 0.717) is 0 Å². The van der Waals surface area contributed by atoms with Gasteiger partial charge < -0.3 is 14.8 Å². The normalized spacial score (nSPS) is 12.8. The second-order valence-electron chi connectivity index (χ2n) is 4.24. The van der Waals surface area contributed by atoms with Crippen molar-refractivity contribution in [2.24, 2.45) is 0 Å². The average molecular weight is 333 g/mol. The monoisotopic (exact) mass is 333 g/mol. The molecule has 0 aromatic heterocycles. The van der Waals surface area contributed by atoms with Gasteiger partial charge in [-0.15, -0.1) is 0 Å². The fraction of sp³-hybridized carbons (Fsp3) is 0.385. The van der Waals surface area contributed by atoms with E-state index in [4.69, 9.17) is 0 Å². The smallest absolute Gasteiger partial charge is 0.335 e. The molecule has 22 heavy (non-hydrogen) atoms. The Labute approximate surface area is 127 Å². The summed E-state index contributed by atoms with van der Waals surface area (Å²) in [7, 11) is -1.23. The standard InChI is InChI=1S/C13H16FNO6S/c1-15-11(8-5-4-6-9(14)7-8)22(18,19)10(12(16)20-2)13(17)21-3/h4-7,10-11,15H,1-3H3. The van der Waals surface area contributed by atoms with Crippen molar-refractivity contribution in [2.75, 3.05) is 21.3 Å². The van der Waals surface area contributed by atoms with E-state index in [1.165, 1.54) is 19.2 Å². The Morgan fingerprint density at radius 3 is 2.14 bits per heavy atom. The molecule has 0 spiro atoms. The Morgan fingerprint density at radius 2 is 1.73 bits per heavy atom. The summed E-state index contributed by atoms with van der Waals surface area (Å²) in [6, 6.07) is 4.80. The van der Waals surface area contributed by atoms with Gasteiger partial charge in [0.1, 0.15) is 11.2 Å². The summed E-state index contributed by atoms with van der Waals surface area (Å²) in [6.07, 6.45) is 0. The fourth-order valence-electron chi connectivity index (χ4n) is 1.90. The first kappa shape index (κ1) is 18.1. The zero-order valence-electron chi connectivity index (χ0n) is 12.2. The number of rotatable bonds is 6. The van der Waals surface area contributed by atoms with E-state index in [1.54, 1.807) is 0 Å². The van der Waals surface area contributed by atoms with Gasteiger partial charge in [0.05, 0.1) is 14.2 Å². The third-order valence-electron chi connectivity index (χ3n) is 2.90. The Morgan fingerprint density at radius 1 is 1.18 bits per heavy atom. The highest BCUT2D eigenvalue weighted by Gasteiger charge is 2.46. The lowest BCUT2D eigenvalue weighted by Gasteiger charge is -2.21. The number of esters is 2. The molecule has 0 radical (unpaired) electrons. The van der Waals surface area contributed by atoms with Crippen molar-refractivity contribution in [3.05, 3.63) is 35.6 Å². The number of halogens is 1. The van der Waals surface area contributed by atoms with E-state index < -0.39 is 38.2 Å². The van der Waals surface area contributed by atoms with Crippen LogP contribution in [0.1, 0.15) is 10.9 Å². The lowest BCUT2D eigenvalue weighted by atomic mass is 10.2. The SMILES string of the molecule is CNC(c1cccc(F)c1)S(=O)(=O)C(C(=O)OC)C(=O)OC. The van der Waals surface area contributed by atoms with E-state index in [1.807, 2.05) is 0 Å². The topological polar surface area (TPSA) is 98.8 Å². The van der Waals surface area contributed by atoms with E-state index >= 15 is 0 Å². The molecule has 0 heterocycles. The van der Waals surface area contributed by atoms with Crippen molar-refractivity contribution in [1.29, 1.82) is 0 Å². The number of hydrogen-bond donors (Lipinski definition) is 1. The van der Waals surface area contributed by atoms with Crippen LogP contribution in [-0.4, -0.2) is 46.9 Å². The summed E-state index contributed by atoms with van der Waals surface area (Å²) in [5, 5.41) is -1.19. The largest absolute Gasteiger partial charge is 0.468 e. The van der Waals surface area contributed by atoms with Gasteiger partial charge in [0, 0.05) is 0 Å². The van der Waals surface area contributed by atoms with Crippen molar-refractivity contribution in [2.45, 2.75) is 10.6 Å². The molecule has 0 saturated carbocycles. The van der Waals surface area contributed by atoms with Crippen LogP contribution in [0.15, 0.2) is 24.3 Å². The molecule has 1 unspecified atom stereocenters. The minimum Gasteiger partial charge on any atom is -0.468 e. The average Bonchev–Trinajstić information content (AvgIpc) is 2.47. The summed E-state index contributed by atoms with van der Waals surface area (Å²) in [5.74, 6) is -3.20. The van der Waals surface area contributed by atoms with E-state index in [2.05, 4.69) is 14.8 Å². The van der Waals surface area contributed by atoms with Gasteiger partial charge in [-0.25, -0.2) is 12.8 Å².